The molecule has 1 amide bonds. The molecule has 2 aromatic rings. The van der Waals surface area contributed by atoms with Gasteiger partial charge in [-0.15, -0.1) is 0 Å². The second-order valence-electron chi connectivity index (χ2n) is 5.78. The van der Waals surface area contributed by atoms with Crippen LogP contribution in [-0.4, -0.2) is 30.2 Å². The third-order valence-electron chi connectivity index (χ3n) is 3.91. The summed E-state index contributed by atoms with van der Waals surface area (Å²) in [4.78, 5) is 14.3. The number of carbonyl (C=O) groups is 1. The zero-order valence-corrected chi connectivity index (χ0v) is 12.6. The normalized spacial score (nSPS) is 14.0. The summed E-state index contributed by atoms with van der Waals surface area (Å²) in [7, 11) is 3.95. The Hall–Kier alpha value is -2.30. The van der Waals surface area contributed by atoms with E-state index in [1.165, 1.54) is 12.8 Å². The van der Waals surface area contributed by atoms with Crippen LogP contribution in [0.5, 0.6) is 0 Å². The monoisotopic (exact) mass is 284 g/mol. The lowest BCUT2D eigenvalue weighted by molar-refractivity contribution is 0.102. The smallest absolute Gasteiger partial charge is 0.256 e. The molecule has 1 saturated carbocycles. The molecule has 21 heavy (non-hydrogen) atoms. The highest BCUT2D eigenvalue weighted by Gasteiger charge is 2.28. The minimum atomic E-state index is -0.128. The third-order valence-corrected chi connectivity index (χ3v) is 3.91. The van der Waals surface area contributed by atoms with Crippen molar-refractivity contribution in [2.45, 2.75) is 25.7 Å². The first kappa shape index (κ1) is 13.7. The molecule has 110 valence electrons. The lowest BCUT2D eigenvalue weighted by Crippen LogP contribution is -2.14. The number of aromatic nitrogens is 2. The molecule has 1 aliphatic rings. The second-order valence-corrected chi connectivity index (χ2v) is 5.78. The van der Waals surface area contributed by atoms with Crippen molar-refractivity contribution in [2.24, 2.45) is 0 Å². The number of nitrogens with one attached hydrogen (secondary N) is 2. The van der Waals surface area contributed by atoms with Crippen LogP contribution in [0.15, 0.2) is 24.3 Å². The van der Waals surface area contributed by atoms with Crippen molar-refractivity contribution in [2.75, 3.05) is 24.3 Å². The van der Waals surface area contributed by atoms with Gasteiger partial charge in [0.05, 0.1) is 0 Å². The van der Waals surface area contributed by atoms with Crippen LogP contribution in [0.25, 0.3) is 0 Å². The molecule has 0 saturated heterocycles. The van der Waals surface area contributed by atoms with Gasteiger partial charge in [0.1, 0.15) is 0 Å². The maximum Gasteiger partial charge on any atom is 0.256 e. The van der Waals surface area contributed by atoms with Crippen LogP contribution in [0.1, 0.15) is 40.4 Å². The van der Waals surface area contributed by atoms with Crippen molar-refractivity contribution in [3.05, 3.63) is 41.1 Å². The van der Waals surface area contributed by atoms with Gasteiger partial charge in [0.2, 0.25) is 0 Å². The van der Waals surface area contributed by atoms with Crippen molar-refractivity contribution >= 4 is 17.4 Å². The van der Waals surface area contributed by atoms with Crippen LogP contribution in [-0.2, 0) is 0 Å². The highest BCUT2D eigenvalue weighted by atomic mass is 16.1. The fourth-order valence-corrected chi connectivity index (χ4v) is 2.39. The molecule has 1 aromatic heterocycles. The van der Waals surface area contributed by atoms with E-state index >= 15 is 0 Å². The summed E-state index contributed by atoms with van der Waals surface area (Å²) in [6, 6.07) is 7.52. The Bertz CT molecular complexity index is 653. The number of rotatable bonds is 4. The van der Waals surface area contributed by atoms with E-state index in [1.54, 1.807) is 0 Å². The number of hydrogen-bond acceptors (Lipinski definition) is 3. The standard InChI is InChI=1S/C16H20N4O/c1-10-14(11-4-5-11)18-19-15(10)17-16(21)12-6-8-13(9-7-12)20(2)3/h6-9,11H,4-5H2,1-3H3,(H2,17,18,19,21). The molecule has 1 heterocycles. The molecule has 1 aliphatic carbocycles. The van der Waals surface area contributed by atoms with Gasteiger partial charge in [-0.05, 0) is 44.0 Å². The summed E-state index contributed by atoms with van der Waals surface area (Å²) in [5.41, 5.74) is 3.92. The van der Waals surface area contributed by atoms with Crippen molar-refractivity contribution in [3.8, 4) is 0 Å². The number of amides is 1. The molecule has 0 bridgehead atoms. The van der Waals surface area contributed by atoms with Gasteiger partial charge in [-0.1, -0.05) is 0 Å². The first-order valence-electron chi connectivity index (χ1n) is 7.20. The van der Waals surface area contributed by atoms with Gasteiger partial charge in [0, 0.05) is 42.5 Å². The number of H-pyrrole nitrogens is 1. The molecule has 1 aromatic carbocycles. The Kier molecular flexibility index (Phi) is 3.41. The first-order valence-corrected chi connectivity index (χ1v) is 7.20. The molecule has 3 rings (SSSR count). The van der Waals surface area contributed by atoms with E-state index in [4.69, 9.17) is 0 Å². The topological polar surface area (TPSA) is 61.0 Å². The Balaban J connectivity index is 1.73. The quantitative estimate of drug-likeness (QED) is 0.907. The third kappa shape index (κ3) is 2.77. The average Bonchev–Trinajstić information content (AvgIpc) is 3.25. The minimum Gasteiger partial charge on any atom is -0.378 e. The van der Waals surface area contributed by atoms with E-state index in [9.17, 15) is 4.79 Å². The van der Waals surface area contributed by atoms with E-state index in [-0.39, 0.29) is 5.91 Å². The number of carbonyl (C=O) groups excluding carboxylic acids is 1. The summed E-state index contributed by atoms with van der Waals surface area (Å²) in [5.74, 6) is 1.11. The maximum absolute atomic E-state index is 12.3. The van der Waals surface area contributed by atoms with Crippen molar-refractivity contribution < 1.29 is 4.79 Å². The molecule has 2 N–H and O–H groups in total. The summed E-state index contributed by atoms with van der Waals surface area (Å²) in [5, 5.41) is 10.2. The minimum absolute atomic E-state index is 0.128. The molecule has 0 spiro atoms. The van der Waals surface area contributed by atoms with Crippen LogP contribution in [0, 0.1) is 6.92 Å². The fourth-order valence-electron chi connectivity index (χ4n) is 2.39. The van der Waals surface area contributed by atoms with Gasteiger partial charge < -0.3 is 10.2 Å². The molecule has 1 fully saturated rings. The predicted octanol–water partition coefficient (Wildman–Crippen LogP) is 2.91. The highest BCUT2D eigenvalue weighted by molar-refractivity contribution is 6.04. The van der Waals surface area contributed by atoms with Crippen molar-refractivity contribution in [3.63, 3.8) is 0 Å². The molecule has 5 nitrogen and oxygen atoms in total. The number of hydrogen-bond donors (Lipinski definition) is 2. The van der Waals surface area contributed by atoms with Gasteiger partial charge >= 0.3 is 0 Å². The molecule has 0 unspecified atom stereocenters. The Morgan fingerprint density at radius 1 is 1.29 bits per heavy atom. The summed E-state index contributed by atoms with van der Waals surface area (Å²) >= 11 is 0. The molecule has 0 radical (unpaired) electrons. The fraction of sp³-hybridized carbons (Fsp3) is 0.375. The zero-order valence-electron chi connectivity index (χ0n) is 12.6. The zero-order chi connectivity index (χ0) is 15.0. The van der Waals surface area contributed by atoms with Gasteiger partial charge in [-0.2, -0.15) is 5.10 Å². The van der Waals surface area contributed by atoms with Crippen molar-refractivity contribution in [1.82, 2.24) is 10.2 Å². The molecule has 0 atom stereocenters. The lowest BCUT2D eigenvalue weighted by Gasteiger charge is -2.12. The first-order chi connectivity index (χ1) is 10.1. The molecular weight excluding hydrogens is 264 g/mol. The van der Waals surface area contributed by atoms with E-state index in [2.05, 4.69) is 15.5 Å². The largest absolute Gasteiger partial charge is 0.378 e. The lowest BCUT2D eigenvalue weighted by atomic mass is 10.1. The van der Waals surface area contributed by atoms with Gasteiger partial charge in [-0.25, -0.2) is 0 Å². The van der Waals surface area contributed by atoms with Crippen LogP contribution in [0.3, 0.4) is 0 Å². The SMILES string of the molecule is Cc1c(NC(=O)c2ccc(N(C)C)cc2)n[nH]c1C1CC1. The maximum atomic E-state index is 12.3. The van der Waals surface area contributed by atoms with Crippen LogP contribution in [0.4, 0.5) is 11.5 Å². The molecule has 5 heteroatoms. The predicted molar refractivity (Wildman–Crippen MR) is 84.0 cm³/mol. The Morgan fingerprint density at radius 3 is 2.52 bits per heavy atom. The summed E-state index contributed by atoms with van der Waals surface area (Å²) in [6.45, 7) is 2.00. The second kappa shape index (κ2) is 5.24. The number of nitrogens with zero attached hydrogens (tertiary/aromatic N) is 2. The molecular formula is C16H20N4O. The Morgan fingerprint density at radius 2 is 1.95 bits per heavy atom. The number of benzene rings is 1. The van der Waals surface area contributed by atoms with Crippen LogP contribution < -0.4 is 10.2 Å². The highest BCUT2D eigenvalue weighted by Crippen LogP contribution is 2.41. The summed E-state index contributed by atoms with van der Waals surface area (Å²) < 4.78 is 0. The van der Waals surface area contributed by atoms with Crippen LogP contribution >= 0.6 is 0 Å². The van der Waals surface area contributed by atoms with E-state index < -0.39 is 0 Å². The van der Waals surface area contributed by atoms with Crippen LogP contribution in [0.2, 0.25) is 0 Å². The average molecular weight is 284 g/mol. The number of anilines is 2. The summed E-state index contributed by atoms with van der Waals surface area (Å²) in [6.07, 6.45) is 2.42. The van der Waals surface area contributed by atoms with E-state index in [0.717, 1.165) is 16.9 Å². The Labute approximate surface area is 124 Å². The van der Waals surface area contributed by atoms with Crippen molar-refractivity contribution in [1.29, 1.82) is 0 Å². The van der Waals surface area contributed by atoms with Gasteiger partial charge in [0.15, 0.2) is 5.82 Å². The van der Waals surface area contributed by atoms with Gasteiger partial charge in [-0.3, -0.25) is 9.89 Å². The number of aromatic amines is 1. The van der Waals surface area contributed by atoms with E-state index in [0.29, 0.717) is 17.3 Å². The van der Waals surface area contributed by atoms with Gasteiger partial charge in [0.25, 0.3) is 5.91 Å². The van der Waals surface area contributed by atoms with E-state index in [1.807, 2.05) is 50.2 Å². The molecule has 0 aliphatic heterocycles.